The third-order valence-corrected chi connectivity index (χ3v) is 2.93. The number of hydrogen-bond acceptors (Lipinski definition) is 5. The molecule has 0 fully saturated rings. The fourth-order valence-corrected chi connectivity index (χ4v) is 1.82. The normalized spacial score (nSPS) is 10.5. The van der Waals surface area contributed by atoms with E-state index < -0.39 is 0 Å². The summed E-state index contributed by atoms with van der Waals surface area (Å²) in [5.74, 6) is 0.637. The van der Waals surface area contributed by atoms with Gasteiger partial charge in [-0.3, -0.25) is 4.98 Å². The molecule has 1 N–H and O–H groups in total. The maximum absolute atomic E-state index is 9.11. The number of aryl methyl sites for hydroxylation is 2. The molecule has 0 bridgehead atoms. The molecule has 2 aromatic rings. The Balaban J connectivity index is 2.15. The van der Waals surface area contributed by atoms with E-state index >= 15 is 0 Å². The summed E-state index contributed by atoms with van der Waals surface area (Å²) in [7, 11) is 1.93. The molecule has 0 saturated carbocycles. The lowest BCUT2D eigenvalue weighted by Crippen LogP contribution is -2.20. The molecule has 2 aromatic heterocycles. The zero-order valence-corrected chi connectivity index (χ0v) is 11.5. The second-order valence-electron chi connectivity index (χ2n) is 4.57. The van der Waals surface area contributed by atoms with Gasteiger partial charge in [-0.25, -0.2) is 9.97 Å². The molecule has 0 aromatic carbocycles. The van der Waals surface area contributed by atoms with E-state index in [1.54, 1.807) is 6.20 Å². The van der Waals surface area contributed by atoms with Crippen LogP contribution in [0.15, 0.2) is 24.4 Å². The number of aliphatic hydroxyl groups is 1. The molecule has 2 heterocycles. The van der Waals surface area contributed by atoms with E-state index in [1.165, 1.54) is 0 Å². The number of nitrogens with zero attached hydrogens (tertiary/aromatic N) is 4. The zero-order valence-electron chi connectivity index (χ0n) is 11.5. The molecule has 0 amide bonds. The minimum absolute atomic E-state index is 0.0325. The minimum Gasteiger partial charge on any atom is -0.392 e. The Morgan fingerprint density at radius 2 is 2.00 bits per heavy atom. The summed E-state index contributed by atoms with van der Waals surface area (Å²) in [5.41, 5.74) is 3.54. The summed E-state index contributed by atoms with van der Waals surface area (Å²) in [4.78, 5) is 15.0. The molecule has 5 heteroatoms. The van der Waals surface area contributed by atoms with Crippen molar-refractivity contribution >= 4 is 5.95 Å². The van der Waals surface area contributed by atoms with Gasteiger partial charge in [0.1, 0.15) is 0 Å². The molecule has 0 saturated heterocycles. The van der Waals surface area contributed by atoms with Crippen LogP contribution in [0.4, 0.5) is 5.95 Å². The molecule has 2 rings (SSSR count). The van der Waals surface area contributed by atoms with Crippen LogP contribution in [0.1, 0.15) is 22.6 Å². The first kappa shape index (κ1) is 13.4. The van der Waals surface area contributed by atoms with Crippen molar-refractivity contribution in [3.05, 3.63) is 47.0 Å². The quantitative estimate of drug-likeness (QED) is 0.903. The summed E-state index contributed by atoms with van der Waals surface area (Å²) in [6, 6.07) is 5.95. The Morgan fingerprint density at radius 1 is 1.21 bits per heavy atom. The third kappa shape index (κ3) is 3.26. The van der Waals surface area contributed by atoms with Crippen molar-refractivity contribution in [1.29, 1.82) is 0 Å². The van der Waals surface area contributed by atoms with Gasteiger partial charge in [0.2, 0.25) is 5.95 Å². The molecule has 0 aliphatic heterocycles. The number of anilines is 1. The van der Waals surface area contributed by atoms with Crippen LogP contribution in [0.5, 0.6) is 0 Å². The zero-order chi connectivity index (χ0) is 13.8. The Bertz CT molecular complexity index is 571. The van der Waals surface area contributed by atoms with Crippen LogP contribution in [0, 0.1) is 13.8 Å². The first-order valence-electron chi connectivity index (χ1n) is 6.17. The minimum atomic E-state index is -0.0325. The Hall–Kier alpha value is -2.01. The molecule has 0 radical (unpaired) electrons. The summed E-state index contributed by atoms with van der Waals surface area (Å²) >= 11 is 0. The highest BCUT2D eigenvalue weighted by Gasteiger charge is 2.08. The number of aromatic nitrogens is 3. The van der Waals surface area contributed by atoms with Crippen molar-refractivity contribution in [1.82, 2.24) is 15.0 Å². The first-order chi connectivity index (χ1) is 9.10. The predicted octanol–water partition coefficient (Wildman–Crippen LogP) is 1.62. The van der Waals surface area contributed by atoms with Crippen molar-refractivity contribution in [2.24, 2.45) is 0 Å². The van der Waals surface area contributed by atoms with Crippen LogP contribution in [0.25, 0.3) is 0 Å². The molecule has 0 aliphatic carbocycles. The van der Waals surface area contributed by atoms with E-state index in [0.29, 0.717) is 12.5 Å². The summed E-state index contributed by atoms with van der Waals surface area (Å²) < 4.78 is 0. The molecular weight excluding hydrogens is 240 g/mol. The van der Waals surface area contributed by atoms with Crippen molar-refractivity contribution in [2.45, 2.75) is 27.0 Å². The van der Waals surface area contributed by atoms with Crippen LogP contribution in [0.2, 0.25) is 0 Å². The maximum atomic E-state index is 9.11. The molecule has 100 valence electrons. The monoisotopic (exact) mass is 258 g/mol. The highest BCUT2D eigenvalue weighted by molar-refractivity contribution is 5.32. The van der Waals surface area contributed by atoms with Gasteiger partial charge in [0.15, 0.2) is 0 Å². The predicted molar refractivity (Wildman–Crippen MR) is 73.8 cm³/mol. The average Bonchev–Trinajstić information content (AvgIpc) is 2.38. The van der Waals surface area contributed by atoms with Gasteiger partial charge in [-0.2, -0.15) is 0 Å². The second kappa shape index (κ2) is 5.75. The fraction of sp³-hybridized carbons (Fsp3) is 0.357. The van der Waals surface area contributed by atoms with Gasteiger partial charge in [-0.15, -0.1) is 0 Å². The van der Waals surface area contributed by atoms with Gasteiger partial charge in [0, 0.05) is 30.2 Å². The van der Waals surface area contributed by atoms with Crippen LogP contribution in [0.3, 0.4) is 0 Å². The van der Waals surface area contributed by atoms with Crippen LogP contribution < -0.4 is 4.90 Å². The van der Waals surface area contributed by atoms with E-state index in [1.807, 2.05) is 44.0 Å². The molecule has 0 unspecified atom stereocenters. The summed E-state index contributed by atoms with van der Waals surface area (Å²) in [6.45, 7) is 4.46. The van der Waals surface area contributed by atoms with Crippen LogP contribution in [-0.2, 0) is 13.2 Å². The van der Waals surface area contributed by atoms with Crippen molar-refractivity contribution in [3.63, 3.8) is 0 Å². The van der Waals surface area contributed by atoms with E-state index in [4.69, 9.17) is 5.11 Å². The van der Waals surface area contributed by atoms with E-state index in [2.05, 4.69) is 15.0 Å². The lowest BCUT2D eigenvalue weighted by Gasteiger charge is -2.17. The summed E-state index contributed by atoms with van der Waals surface area (Å²) in [5, 5.41) is 9.11. The Morgan fingerprint density at radius 3 is 2.63 bits per heavy atom. The third-order valence-electron chi connectivity index (χ3n) is 2.93. The van der Waals surface area contributed by atoms with Gasteiger partial charge in [0.25, 0.3) is 0 Å². The largest absolute Gasteiger partial charge is 0.392 e. The number of pyridine rings is 1. The Kier molecular flexibility index (Phi) is 4.06. The maximum Gasteiger partial charge on any atom is 0.225 e. The van der Waals surface area contributed by atoms with Crippen LogP contribution in [-0.4, -0.2) is 27.1 Å². The molecular formula is C14H18N4O. The van der Waals surface area contributed by atoms with Crippen molar-refractivity contribution in [2.75, 3.05) is 11.9 Å². The summed E-state index contributed by atoms with van der Waals surface area (Å²) in [6.07, 6.45) is 1.66. The fourth-order valence-electron chi connectivity index (χ4n) is 1.82. The van der Waals surface area contributed by atoms with E-state index in [9.17, 15) is 0 Å². The molecule has 0 atom stereocenters. The van der Waals surface area contributed by atoms with Gasteiger partial charge >= 0.3 is 0 Å². The highest BCUT2D eigenvalue weighted by atomic mass is 16.3. The lowest BCUT2D eigenvalue weighted by molar-refractivity contribution is 0.280. The first-order valence-corrected chi connectivity index (χ1v) is 6.17. The average molecular weight is 258 g/mol. The van der Waals surface area contributed by atoms with Crippen molar-refractivity contribution < 1.29 is 5.11 Å². The lowest BCUT2D eigenvalue weighted by atomic mass is 10.2. The van der Waals surface area contributed by atoms with Gasteiger partial charge in [-0.1, -0.05) is 6.07 Å². The number of hydrogen-bond donors (Lipinski definition) is 1. The standard InChI is InChI=1S/C14H18N4O/c1-10-5-4-6-13(16-10)8-18(3)14-15-7-12(9-19)11(2)17-14/h4-7,19H,8-9H2,1-3H3. The smallest absolute Gasteiger partial charge is 0.225 e. The molecule has 0 aliphatic rings. The number of rotatable bonds is 4. The molecule has 19 heavy (non-hydrogen) atoms. The van der Waals surface area contributed by atoms with Gasteiger partial charge < -0.3 is 10.0 Å². The second-order valence-corrected chi connectivity index (χ2v) is 4.57. The van der Waals surface area contributed by atoms with Crippen LogP contribution >= 0.6 is 0 Å². The van der Waals surface area contributed by atoms with E-state index in [0.717, 1.165) is 22.6 Å². The Labute approximate surface area is 113 Å². The molecule has 0 spiro atoms. The van der Waals surface area contributed by atoms with Crippen molar-refractivity contribution in [3.8, 4) is 0 Å². The number of aliphatic hydroxyl groups excluding tert-OH is 1. The highest BCUT2D eigenvalue weighted by Crippen LogP contribution is 2.12. The van der Waals surface area contributed by atoms with Gasteiger partial charge in [0.05, 0.1) is 18.8 Å². The molecule has 5 nitrogen and oxygen atoms in total. The topological polar surface area (TPSA) is 62.1 Å². The van der Waals surface area contributed by atoms with E-state index in [-0.39, 0.29) is 6.61 Å². The SMILES string of the molecule is Cc1cccc(CN(C)c2ncc(CO)c(C)n2)n1. The van der Waals surface area contributed by atoms with Gasteiger partial charge in [-0.05, 0) is 26.0 Å².